The van der Waals surface area contributed by atoms with Crippen LogP contribution in [0.15, 0.2) is 0 Å². The monoisotopic (exact) mass is 658 g/mol. The Morgan fingerprint density at radius 1 is 0.311 bits per heavy atom. The molecule has 0 unspecified atom stereocenters. The second-order valence-corrected chi connectivity index (χ2v) is 10.8. The highest BCUT2D eigenvalue weighted by atomic mass is 16.8. The molecule has 16 nitrogen and oxygen atoms in total. The van der Waals surface area contributed by atoms with E-state index >= 15 is 0 Å². The van der Waals surface area contributed by atoms with Crippen molar-refractivity contribution in [2.75, 3.05) is 98.0 Å². The minimum Gasteiger partial charge on any atom is -0.382 e. The molecule has 0 bridgehead atoms. The van der Waals surface area contributed by atoms with Crippen LogP contribution in [0, 0.1) is 0 Å². The largest absolute Gasteiger partial charge is 0.382 e. The molecule has 3 aliphatic heterocycles. The van der Waals surface area contributed by atoms with E-state index in [0.29, 0.717) is 0 Å². The first-order valence-electron chi connectivity index (χ1n) is 14.8. The molecular weight excluding hydrogens is 604 g/mol. The van der Waals surface area contributed by atoms with E-state index in [1.54, 1.807) is 64.0 Å². The molecule has 0 aliphatic carbocycles. The van der Waals surface area contributed by atoms with Gasteiger partial charge in [0.15, 0.2) is 18.9 Å². The van der Waals surface area contributed by atoms with Gasteiger partial charge in [-0.25, -0.2) is 0 Å². The summed E-state index contributed by atoms with van der Waals surface area (Å²) in [5.74, 6) is 0. The lowest BCUT2D eigenvalue weighted by atomic mass is 9.95. The van der Waals surface area contributed by atoms with Crippen LogP contribution in [0.4, 0.5) is 0 Å². The zero-order valence-corrected chi connectivity index (χ0v) is 28.3. The van der Waals surface area contributed by atoms with Gasteiger partial charge in [0.1, 0.15) is 73.2 Å². The Morgan fingerprint density at radius 3 is 0.911 bits per heavy atom. The van der Waals surface area contributed by atoms with Crippen LogP contribution in [-0.4, -0.2) is 190 Å². The van der Waals surface area contributed by atoms with Gasteiger partial charge in [-0.1, -0.05) is 0 Å². The number of ether oxygens (including phenoxy) is 16. The molecule has 0 aromatic carbocycles. The molecule has 45 heavy (non-hydrogen) atoms. The molecule has 0 N–H and O–H groups in total. The topological polar surface area (TPSA) is 148 Å². The van der Waals surface area contributed by atoms with Gasteiger partial charge in [-0.05, 0) is 0 Å². The third kappa shape index (κ3) is 8.70. The molecule has 0 radical (unpaired) electrons. The Hall–Kier alpha value is -0.640. The second-order valence-electron chi connectivity index (χ2n) is 10.8. The minimum absolute atomic E-state index is 0.129. The first kappa shape index (κ1) is 38.8. The van der Waals surface area contributed by atoms with E-state index in [0.717, 1.165) is 0 Å². The average molecular weight is 659 g/mol. The van der Waals surface area contributed by atoms with E-state index in [1.165, 1.54) is 14.2 Å². The number of rotatable bonds is 18. The van der Waals surface area contributed by atoms with Gasteiger partial charge in [-0.2, -0.15) is 0 Å². The van der Waals surface area contributed by atoms with Gasteiger partial charge < -0.3 is 75.8 Å². The van der Waals surface area contributed by atoms with Gasteiger partial charge in [0, 0.05) is 78.2 Å². The highest BCUT2D eigenvalue weighted by molar-refractivity contribution is 4.98. The van der Waals surface area contributed by atoms with Crippen LogP contribution in [0.2, 0.25) is 0 Å². The van der Waals surface area contributed by atoms with Gasteiger partial charge in [-0.15, -0.1) is 0 Å². The molecule has 0 aromatic rings. The van der Waals surface area contributed by atoms with E-state index < -0.39 is 92.1 Å². The summed E-state index contributed by atoms with van der Waals surface area (Å²) in [5, 5.41) is 0. The van der Waals surface area contributed by atoms with Crippen molar-refractivity contribution in [2.45, 2.75) is 92.1 Å². The van der Waals surface area contributed by atoms with Crippen LogP contribution in [0.25, 0.3) is 0 Å². The molecule has 0 spiro atoms. The molecule has 3 fully saturated rings. The SMILES string of the molecule is COC[C@H]1O[C@H](O[C@H]2[C@H](OC)[C@@H](OC)[C@@H](O[C@H]3[C@H](OC)[C@@H](OC)[C@H](OC)O[C@@H]3COC)O[C@@H]2COC)[C@H](OC)[C@@H](OC)[C@@H]1OC. The molecule has 266 valence electrons. The van der Waals surface area contributed by atoms with Crippen molar-refractivity contribution in [3.8, 4) is 0 Å². The summed E-state index contributed by atoms with van der Waals surface area (Å²) < 4.78 is 95.0. The predicted molar refractivity (Wildman–Crippen MR) is 154 cm³/mol. The Balaban J connectivity index is 1.92. The molecule has 15 atom stereocenters. The van der Waals surface area contributed by atoms with E-state index in [1.807, 2.05) is 0 Å². The molecule has 16 heteroatoms. The van der Waals surface area contributed by atoms with Crippen molar-refractivity contribution in [3.63, 3.8) is 0 Å². The van der Waals surface area contributed by atoms with Crippen LogP contribution in [0.1, 0.15) is 0 Å². The first-order chi connectivity index (χ1) is 21.9. The highest BCUT2D eigenvalue weighted by Gasteiger charge is 2.56. The fourth-order valence-corrected chi connectivity index (χ4v) is 6.41. The summed E-state index contributed by atoms with van der Waals surface area (Å²) in [6.45, 7) is 0.556. The smallest absolute Gasteiger partial charge is 0.187 e. The molecular formula is C29H54O16. The molecule has 3 saturated heterocycles. The van der Waals surface area contributed by atoms with Crippen LogP contribution < -0.4 is 0 Å². The fourth-order valence-electron chi connectivity index (χ4n) is 6.41. The average Bonchev–Trinajstić information content (AvgIpc) is 3.05. The Labute approximate surface area is 266 Å². The Kier molecular flexibility index (Phi) is 16.7. The third-order valence-corrected chi connectivity index (χ3v) is 8.49. The lowest BCUT2D eigenvalue weighted by Gasteiger charge is -2.51. The summed E-state index contributed by atoms with van der Waals surface area (Å²) in [6.07, 6.45) is -10.3. The van der Waals surface area contributed by atoms with Gasteiger partial charge >= 0.3 is 0 Å². The van der Waals surface area contributed by atoms with Gasteiger partial charge in [0.2, 0.25) is 0 Å². The predicted octanol–water partition coefficient (Wildman–Crippen LogP) is -0.378. The molecule has 3 aliphatic rings. The minimum atomic E-state index is -0.974. The van der Waals surface area contributed by atoms with Crippen LogP contribution in [0.3, 0.4) is 0 Å². The van der Waals surface area contributed by atoms with Crippen LogP contribution in [0.5, 0.6) is 0 Å². The summed E-state index contributed by atoms with van der Waals surface area (Å²) in [6, 6.07) is 0. The fraction of sp³-hybridized carbons (Fsp3) is 1.00. The maximum atomic E-state index is 6.63. The van der Waals surface area contributed by atoms with Crippen molar-refractivity contribution in [1.82, 2.24) is 0 Å². The van der Waals surface area contributed by atoms with E-state index in [9.17, 15) is 0 Å². The van der Waals surface area contributed by atoms with E-state index in [-0.39, 0.29) is 19.8 Å². The van der Waals surface area contributed by atoms with Crippen molar-refractivity contribution in [3.05, 3.63) is 0 Å². The summed E-state index contributed by atoms with van der Waals surface area (Å²) >= 11 is 0. The zero-order chi connectivity index (χ0) is 33.1. The third-order valence-electron chi connectivity index (χ3n) is 8.49. The maximum Gasteiger partial charge on any atom is 0.187 e. The van der Waals surface area contributed by atoms with Crippen LogP contribution >= 0.6 is 0 Å². The molecule has 3 rings (SSSR count). The summed E-state index contributed by atoms with van der Waals surface area (Å²) in [5.41, 5.74) is 0. The Bertz CT molecular complexity index is 810. The molecule has 0 aromatic heterocycles. The summed E-state index contributed by atoms with van der Waals surface area (Å²) in [7, 11) is 17.2. The number of hydrogen-bond donors (Lipinski definition) is 0. The van der Waals surface area contributed by atoms with E-state index in [2.05, 4.69) is 0 Å². The number of methoxy groups -OCH3 is 11. The highest BCUT2D eigenvalue weighted by Crippen LogP contribution is 2.36. The quantitative estimate of drug-likeness (QED) is 0.188. The van der Waals surface area contributed by atoms with Crippen molar-refractivity contribution in [2.24, 2.45) is 0 Å². The van der Waals surface area contributed by atoms with Gasteiger partial charge in [-0.3, -0.25) is 0 Å². The van der Waals surface area contributed by atoms with Gasteiger partial charge in [0.05, 0.1) is 19.8 Å². The van der Waals surface area contributed by atoms with Crippen molar-refractivity contribution >= 4 is 0 Å². The lowest BCUT2D eigenvalue weighted by molar-refractivity contribution is -0.385. The zero-order valence-electron chi connectivity index (χ0n) is 28.3. The standard InChI is InChI=1S/C29H54O16/c1-30-12-15-18(33-4)21(34-5)25(38-9)28(42-15)45-20-17(14-32-3)43-29(26(39-10)23(20)36-7)44-19-16(13-31-2)41-27(40-11)24(37-8)22(19)35-6/h15-29H,12-14H2,1-11H3/t15-,16-,17-,18-,19-,20-,21+,22+,23+,24-,25-,26-,27-,28-,29-/m1/s1. The van der Waals surface area contributed by atoms with Crippen LogP contribution in [-0.2, 0) is 75.8 Å². The lowest BCUT2D eigenvalue weighted by Crippen LogP contribution is -2.67. The number of hydrogen-bond acceptors (Lipinski definition) is 16. The molecule has 0 amide bonds. The van der Waals surface area contributed by atoms with E-state index in [4.69, 9.17) is 75.8 Å². The van der Waals surface area contributed by atoms with Crippen molar-refractivity contribution < 1.29 is 75.8 Å². The maximum absolute atomic E-state index is 6.63. The molecule has 0 saturated carbocycles. The molecule has 3 heterocycles. The van der Waals surface area contributed by atoms with Gasteiger partial charge in [0.25, 0.3) is 0 Å². The second kappa shape index (κ2) is 19.4. The normalized spacial score (nSPS) is 42.6. The summed E-state index contributed by atoms with van der Waals surface area (Å²) in [4.78, 5) is 0. The first-order valence-corrected chi connectivity index (χ1v) is 14.8. The van der Waals surface area contributed by atoms with Crippen molar-refractivity contribution in [1.29, 1.82) is 0 Å². The Morgan fingerprint density at radius 2 is 0.600 bits per heavy atom.